The Labute approximate surface area is 105 Å². The van der Waals surface area contributed by atoms with Crippen LogP contribution in [0.25, 0.3) is 10.1 Å². The van der Waals surface area contributed by atoms with E-state index in [0.717, 1.165) is 13.1 Å². The highest BCUT2D eigenvalue weighted by atomic mass is 32.1. The van der Waals surface area contributed by atoms with Crippen LogP contribution in [0.2, 0.25) is 0 Å². The molecule has 17 heavy (non-hydrogen) atoms. The minimum absolute atomic E-state index is 0.262. The van der Waals surface area contributed by atoms with Gasteiger partial charge in [0.05, 0.1) is 6.61 Å². The smallest absolute Gasteiger partial charge is 0.0558 e. The van der Waals surface area contributed by atoms with Crippen LogP contribution >= 0.6 is 11.3 Å². The van der Waals surface area contributed by atoms with Gasteiger partial charge < -0.3 is 5.11 Å². The Hall–Kier alpha value is -0.900. The van der Waals surface area contributed by atoms with Gasteiger partial charge in [-0.2, -0.15) is 0 Å². The molecule has 1 saturated carbocycles. The third kappa shape index (κ3) is 2.37. The summed E-state index contributed by atoms with van der Waals surface area (Å²) in [6, 6.07) is 9.28. The molecule has 0 unspecified atom stereocenters. The van der Waals surface area contributed by atoms with Crippen LogP contribution in [0.1, 0.15) is 18.4 Å². The van der Waals surface area contributed by atoms with E-state index >= 15 is 0 Å². The molecule has 1 N–H and O–H groups in total. The Morgan fingerprint density at radius 3 is 2.88 bits per heavy atom. The molecule has 0 aliphatic heterocycles. The van der Waals surface area contributed by atoms with Gasteiger partial charge >= 0.3 is 0 Å². The normalized spacial score (nSPS) is 15.9. The van der Waals surface area contributed by atoms with Crippen molar-refractivity contribution in [2.75, 3.05) is 13.2 Å². The van der Waals surface area contributed by atoms with E-state index in [4.69, 9.17) is 5.11 Å². The molecule has 1 aromatic carbocycles. The molecule has 0 spiro atoms. The van der Waals surface area contributed by atoms with Crippen LogP contribution in [0.3, 0.4) is 0 Å². The maximum Gasteiger partial charge on any atom is 0.0558 e. The maximum atomic E-state index is 9.12. The zero-order valence-corrected chi connectivity index (χ0v) is 10.6. The Kier molecular flexibility index (Phi) is 3.14. The number of fused-ring (bicyclic) bond motifs is 1. The summed E-state index contributed by atoms with van der Waals surface area (Å²) in [5, 5.41) is 12.8. The largest absolute Gasteiger partial charge is 0.395 e. The number of benzene rings is 1. The maximum absolute atomic E-state index is 9.12. The van der Waals surface area contributed by atoms with Gasteiger partial charge in [-0.1, -0.05) is 18.2 Å². The zero-order valence-electron chi connectivity index (χ0n) is 9.80. The molecule has 2 aromatic rings. The fourth-order valence-corrected chi connectivity index (χ4v) is 3.29. The van der Waals surface area contributed by atoms with Crippen molar-refractivity contribution in [1.29, 1.82) is 0 Å². The zero-order chi connectivity index (χ0) is 11.7. The molecule has 0 bridgehead atoms. The lowest BCUT2D eigenvalue weighted by Crippen LogP contribution is -2.28. The molecule has 1 heterocycles. The minimum Gasteiger partial charge on any atom is -0.395 e. The molecule has 2 nitrogen and oxygen atoms in total. The van der Waals surface area contributed by atoms with Gasteiger partial charge in [-0.25, -0.2) is 0 Å². The van der Waals surface area contributed by atoms with Crippen molar-refractivity contribution < 1.29 is 5.11 Å². The molecular formula is C14H17NOS. The lowest BCUT2D eigenvalue weighted by atomic mass is 10.1. The number of thiophene rings is 1. The van der Waals surface area contributed by atoms with Gasteiger partial charge in [0.25, 0.3) is 0 Å². The SMILES string of the molecule is OCCN(Cc1csc2ccccc12)C1CC1. The summed E-state index contributed by atoms with van der Waals surface area (Å²) in [6.07, 6.45) is 2.59. The Morgan fingerprint density at radius 2 is 2.12 bits per heavy atom. The topological polar surface area (TPSA) is 23.5 Å². The molecule has 0 amide bonds. The summed E-state index contributed by atoms with van der Waals surface area (Å²) in [6.45, 7) is 2.04. The van der Waals surface area contributed by atoms with Crippen LogP contribution < -0.4 is 0 Å². The number of hydrogen-bond acceptors (Lipinski definition) is 3. The van der Waals surface area contributed by atoms with Crippen LogP contribution in [0.15, 0.2) is 29.6 Å². The lowest BCUT2D eigenvalue weighted by molar-refractivity contribution is 0.184. The van der Waals surface area contributed by atoms with E-state index in [9.17, 15) is 0 Å². The Bertz CT molecular complexity index is 504. The fourth-order valence-electron chi connectivity index (χ4n) is 2.33. The van der Waals surface area contributed by atoms with E-state index < -0.39 is 0 Å². The van der Waals surface area contributed by atoms with E-state index in [1.165, 1.54) is 28.5 Å². The summed E-state index contributed by atoms with van der Waals surface area (Å²) in [4.78, 5) is 2.41. The number of aliphatic hydroxyl groups is 1. The first kappa shape index (κ1) is 11.2. The minimum atomic E-state index is 0.262. The van der Waals surface area contributed by atoms with Crippen LogP contribution in [-0.4, -0.2) is 29.2 Å². The van der Waals surface area contributed by atoms with E-state index in [0.29, 0.717) is 6.04 Å². The highest BCUT2D eigenvalue weighted by Crippen LogP contribution is 2.31. The summed E-state index contributed by atoms with van der Waals surface area (Å²) < 4.78 is 1.36. The third-order valence-electron chi connectivity index (χ3n) is 3.39. The molecule has 1 aliphatic carbocycles. The molecular weight excluding hydrogens is 230 g/mol. The third-order valence-corrected chi connectivity index (χ3v) is 4.40. The second-order valence-electron chi connectivity index (χ2n) is 4.68. The van der Waals surface area contributed by atoms with Crippen molar-refractivity contribution in [2.45, 2.75) is 25.4 Å². The van der Waals surface area contributed by atoms with E-state index in [-0.39, 0.29) is 6.61 Å². The van der Waals surface area contributed by atoms with Gasteiger partial charge in [0, 0.05) is 23.8 Å². The first-order valence-electron chi connectivity index (χ1n) is 6.18. The van der Waals surface area contributed by atoms with Gasteiger partial charge in [0.15, 0.2) is 0 Å². The van der Waals surface area contributed by atoms with Gasteiger partial charge in [-0.15, -0.1) is 11.3 Å². The molecule has 0 saturated heterocycles. The molecule has 1 aliphatic rings. The van der Waals surface area contributed by atoms with E-state index in [2.05, 4.69) is 34.5 Å². The average molecular weight is 247 g/mol. The van der Waals surface area contributed by atoms with Crippen LogP contribution in [0.4, 0.5) is 0 Å². The molecule has 0 atom stereocenters. The molecule has 3 heteroatoms. The predicted octanol–water partition coefficient (Wildman–Crippen LogP) is 2.86. The second kappa shape index (κ2) is 4.77. The van der Waals surface area contributed by atoms with Crippen molar-refractivity contribution in [3.05, 3.63) is 35.2 Å². The van der Waals surface area contributed by atoms with Gasteiger partial charge in [-0.05, 0) is 35.2 Å². The number of rotatable bonds is 5. The van der Waals surface area contributed by atoms with Crippen molar-refractivity contribution >= 4 is 21.4 Å². The van der Waals surface area contributed by atoms with Crippen LogP contribution in [-0.2, 0) is 6.54 Å². The predicted molar refractivity (Wildman–Crippen MR) is 72.3 cm³/mol. The standard InChI is InChI=1S/C14H17NOS/c16-8-7-15(12-5-6-12)9-11-10-17-14-4-2-1-3-13(11)14/h1-4,10,12,16H,5-9H2. The Morgan fingerprint density at radius 1 is 1.29 bits per heavy atom. The fraction of sp³-hybridized carbons (Fsp3) is 0.429. The first-order chi connectivity index (χ1) is 8.38. The number of nitrogens with zero attached hydrogens (tertiary/aromatic N) is 1. The van der Waals surface area contributed by atoms with Crippen molar-refractivity contribution in [2.24, 2.45) is 0 Å². The molecule has 0 radical (unpaired) electrons. The first-order valence-corrected chi connectivity index (χ1v) is 7.06. The second-order valence-corrected chi connectivity index (χ2v) is 5.59. The van der Waals surface area contributed by atoms with Crippen LogP contribution in [0.5, 0.6) is 0 Å². The van der Waals surface area contributed by atoms with Gasteiger partial charge in [0.1, 0.15) is 0 Å². The van der Waals surface area contributed by atoms with E-state index in [1.807, 2.05) is 11.3 Å². The number of aliphatic hydroxyl groups excluding tert-OH is 1. The average Bonchev–Trinajstić information content (AvgIpc) is 3.12. The van der Waals surface area contributed by atoms with Crippen molar-refractivity contribution in [3.63, 3.8) is 0 Å². The van der Waals surface area contributed by atoms with Gasteiger partial charge in [0.2, 0.25) is 0 Å². The van der Waals surface area contributed by atoms with Crippen LogP contribution in [0, 0.1) is 0 Å². The summed E-state index contributed by atoms with van der Waals surface area (Å²) in [5.74, 6) is 0. The molecule has 1 aromatic heterocycles. The quantitative estimate of drug-likeness (QED) is 0.878. The Balaban J connectivity index is 1.83. The molecule has 90 valence electrons. The highest BCUT2D eigenvalue weighted by Gasteiger charge is 2.28. The highest BCUT2D eigenvalue weighted by molar-refractivity contribution is 7.17. The van der Waals surface area contributed by atoms with Crippen molar-refractivity contribution in [3.8, 4) is 0 Å². The van der Waals surface area contributed by atoms with E-state index in [1.54, 1.807) is 0 Å². The van der Waals surface area contributed by atoms with Gasteiger partial charge in [-0.3, -0.25) is 4.90 Å². The monoisotopic (exact) mass is 247 g/mol. The summed E-state index contributed by atoms with van der Waals surface area (Å²) in [5.41, 5.74) is 1.41. The molecule has 1 fully saturated rings. The van der Waals surface area contributed by atoms with Crippen molar-refractivity contribution in [1.82, 2.24) is 4.90 Å². The summed E-state index contributed by atoms with van der Waals surface area (Å²) >= 11 is 1.82. The number of hydrogen-bond donors (Lipinski definition) is 1. The summed E-state index contributed by atoms with van der Waals surface area (Å²) in [7, 11) is 0. The molecule has 3 rings (SSSR count). The lowest BCUT2D eigenvalue weighted by Gasteiger charge is -2.20.